The van der Waals surface area contributed by atoms with Crippen molar-refractivity contribution in [3.63, 3.8) is 0 Å². The fraction of sp³-hybridized carbons (Fsp3) is 0.400. The number of rotatable bonds is 7. The summed E-state index contributed by atoms with van der Waals surface area (Å²) < 4.78 is 32.0. The summed E-state index contributed by atoms with van der Waals surface area (Å²) in [4.78, 5) is 12.3. The van der Waals surface area contributed by atoms with Gasteiger partial charge in [-0.1, -0.05) is 11.3 Å². The molecule has 0 spiro atoms. The van der Waals surface area contributed by atoms with Gasteiger partial charge in [-0.2, -0.15) is 4.72 Å². The van der Waals surface area contributed by atoms with Gasteiger partial charge in [0, 0.05) is 5.92 Å². The van der Waals surface area contributed by atoms with Crippen molar-refractivity contribution in [2.45, 2.75) is 36.6 Å². The first kappa shape index (κ1) is 17.8. The van der Waals surface area contributed by atoms with Crippen molar-refractivity contribution in [2.75, 3.05) is 12.4 Å². The lowest BCUT2D eigenvalue weighted by atomic mass is 10.3. The summed E-state index contributed by atoms with van der Waals surface area (Å²) in [6.45, 7) is 1.47. The van der Waals surface area contributed by atoms with E-state index in [1.165, 1.54) is 37.5 Å². The predicted molar refractivity (Wildman–Crippen MR) is 93.3 cm³/mol. The van der Waals surface area contributed by atoms with E-state index in [0.717, 1.165) is 17.8 Å². The maximum absolute atomic E-state index is 12.3. The third-order valence-electron chi connectivity index (χ3n) is 3.69. The quantitative estimate of drug-likeness (QED) is 0.755. The number of nitrogens with zero attached hydrogens (tertiary/aromatic N) is 2. The molecule has 1 saturated carbocycles. The first-order valence-electron chi connectivity index (χ1n) is 7.69. The number of hydrogen-bond acceptors (Lipinski definition) is 7. The second-order valence-corrected chi connectivity index (χ2v) is 8.45. The number of nitrogens with one attached hydrogen (secondary N) is 2. The van der Waals surface area contributed by atoms with Gasteiger partial charge >= 0.3 is 0 Å². The van der Waals surface area contributed by atoms with Gasteiger partial charge in [-0.05, 0) is 44.0 Å². The van der Waals surface area contributed by atoms with E-state index in [4.69, 9.17) is 4.74 Å². The molecule has 1 aliphatic rings. The summed E-state index contributed by atoms with van der Waals surface area (Å²) in [5.41, 5.74) is 0. The van der Waals surface area contributed by atoms with Crippen LogP contribution in [0.15, 0.2) is 29.2 Å². The smallest absolute Gasteiger partial charge is 0.244 e. The summed E-state index contributed by atoms with van der Waals surface area (Å²) in [6, 6.07) is 4.96. The van der Waals surface area contributed by atoms with Gasteiger partial charge in [-0.15, -0.1) is 10.2 Å². The second kappa shape index (κ2) is 7.06. The van der Waals surface area contributed by atoms with Crippen LogP contribution in [-0.4, -0.2) is 37.7 Å². The molecule has 1 aromatic carbocycles. The predicted octanol–water partition coefficient (Wildman–Crippen LogP) is 1.73. The van der Waals surface area contributed by atoms with Crippen molar-refractivity contribution in [3.8, 4) is 5.75 Å². The van der Waals surface area contributed by atoms with Crippen molar-refractivity contribution >= 4 is 32.4 Å². The Morgan fingerprint density at radius 2 is 1.96 bits per heavy atom. The Balaban J connectivity index is 1.62. The molecule has 1 aromatic heterocycles. The Bertz CT molecular complexity index is 860. The molecule has 1 atom stereocenters. The lowest BCUT2D eigenvalue weighted by molar-refractivity contribution is -0.117. The fourth-order valence-electron chi connectivity index (χ4n) is 2.10. The highest BCUT2D eigenvalue weighted by molar-refractivity contribution is 7.89. The van der Waals surface area contributed by atoms with Gasteiger partial charge in [0.1, 0.15) is 10.8 Å². The normalized spacial score (nSPS) is 15.6. The standard InChI is InChI=1S/C15H18N4O4S2/c1-9(13(20)16-15-18-17-14(24-15)10-3-4-10)19-25(21,22)12-7-5-11(23-2)6-8-12/h5-10,19H,3-4H2,1-2H3,(H,16,18,20)/t9-/m0/s1. The fourth-order valence-corrected chi connectivity index (χ4v) is 4.22. The van der Waals surface area contributed by atoms with Gasteiger partial charge in [0.05, 0.1) is 18.0 Å². The number of carbonyl (C=O) groups is 1. The molecule has 134 valence electrons. The maximum atomic E-state index is 12.3. The van der Waals surface area contributed by atoms with Crippen LogP contribution in [0.25, 0.3) is 0 Å². The lowest BCUT2D eigenvalue weighted by Crippen LogP contribution is -2.41. The van der Waals surface area contributed by atoms with Crippen LogP contribution in [0.1, 0.15) is 30.7 Å². The zero-order chi connectivity index (χ0) is 18.0. The van der Waals surface area contributed by atoms with Crippen LogP contribution < -0.4 is 14.8 Å². The molecule has 25 heavy (non-hydrogen) atoms. The van der Waals surface area contributed by atoms with E-state index < -0.39 is 22.0 Å². The third kappa shape index (κ3) is 4.33. The van der Waals surface area contributed by atoms with E-state index in [1.54, 1.807) is 12.1 Å². The molecular formula is C15H18N4O4S2. The van der Waals surface area contributed by atoms with E-state index >= 15 is 0 Å². The number of anilines is 1. The van der Waals surface area contributed by atoms with Crippen LogP contribution in [0, 0.1) is 0 Å². The van der Waals surface area contributed by atoms with E-state index in [-0.39, 0.29) is 4.90 Å². The van der Waals surface area contributed by atoms with Crippen molar-refractivity contribution in [1.29, 1.82) is 0 Å². The highest BCUT2D eigenvalue weighted by atomic mass is 32.2. The molecular weight excluding hydrogens is 364 g/mol. The minimum absolute atomic E-state index is 0.0554. The number of amides is 1. The second-order valence-electron chi connectivity index (χ2n) is 5.73. The maximum Gasteiger partial charge on any atom is 0.244 e. The van der Waals surface area contributed by atoms with Crippen LogP contribution >= 0.6 is 11.3 Å². The monoisotopic (exact) mass is 382 g/mol. The number of aromatic nitrogens is 2. The van der Waals surface area contributed by atoms with Crippen LogP contribution in [0.4, 0.5) is 5.13 Å². The Labute approximate surface area is 149 Å². The average molecular weight is 382 g/mol. The van der Waals surface area contributed by atoms with Crippen molar-refractivity contribution in [2.24, 2.45) is 0 Å². The van der Waals surface area contributed by atoms with Crippen molar-refractivity contribution < 1.29 is 17.9 Å². The molecule has 2 N–H and O–H groups in total. The summed E-state index contributed by atoms with van der Waals surface area (Å²) >= 11 is 1.32. The molecule has 0 unspecified atom stereocenters. The Morgan fingerprint density at radius 1 is 1.28 bits per heavy atom. The average Bonchev–Trinajstić information content (AvgIpc) is 3.34. The van der Waals surface area contributed by atoms with Crippen molar-refractivity contribution in [3.05, 3.63) is 29.3 Å². The molecule has 0 bridgehead atoms. The first-order valence-corrected chi connectivity index (χ1v) is 9.99. The topological polar surface area (TPSA) is 110 Å². The van der Waals surface area contributed by atoms with Gasteiger partial charge in [-0.3, -0.25) is 10.1 Å². The number of ether oxygens (including phenoxy) is 1. The largest absolute Gasteiger partial charge is 0.497 e. The Hall–Kier alpha value is -2.04. The van der Waals surface area contributed by atoms with Gasteiger partial charge < -0.3 is 4.74 Å². The third-order valence-corrected chi connectivity index (χ3v) is 6.25. The molecule has 3 rings (SSSR count). The molecule has 0 saturated heterocycles. The van der Waals surface area contributed by atoms with Gasteiger partial charge in [0.15, 0.2) is 0 Å². The number of carbonyl (C=O) groups excluding carboxylic acids is 1. The molecule has 1 heterocycles. The summed E-state index contributed by atoms with van der Waals surface area (Å²) in [6.07, 6.45) is 2.20. The number of methoxy groups -OCH3 is 1. The van der Waals surface area contributed by atoms with Crippen LogP contribution in [0.5, 0.6) is 5.75 Å². The molecule has 1 fully saturated rings. The molecule has 1 amide bonds. The Morgan fingerprint density at radius 3 is 2.56 bits per heavy atom. The highest BCUT2D eigenvalue weighted by Gasteiger charge is 2.28. The molecule has 2 aromatic rings. The highest BCUT2D eigenvalue weighted by Crippen LogP contribution is 2.42. The summed E-state index contributed by atoms with van der Waals surface area (Å²) in [7, 11) is -2.32. The van der Waals surface area contributed by atoms with E-state index in [0.29, 0.717) is 16.8 Å². The van der Waals surface area contributed by atoms with Gasteiger partial charge in [0.25, 0.3) is 0 Å². The zero-order valence-electron chi connectivity index (χ0n) is 13.7. The van der Waals surface area contributed by atoms with Crippen LogP contribution in [0.3, 0.4) is 0 Å². The number of hydrogen-bond donors (Lipinski definition) is 2. The molecule has 0 radical (unpaired) electrons. The SMILES string of the molecule is COc1ccc(S(=O)(=O)N[C@@H](C)C(=O)Nc2nnc(C3CC3)s2)cc1. The lowest BCUT2D eigenvalue weighted by Gasteiger charge is -2.13. The Kier molecular flexibility index (Phi) is 5.02. The number of sulfonamides is 1. The van der Waals surface area contributed by atoms with Crippen molar-refractivity contribution in [1.82, 2.24) is 14.9 Å². The zero-order valence-corrected chi connectivity index (χ0v) is 15.4. The minimum Gasteiger partial charge on any atom is -0.497 e. The molecule has 8 nitrogen and oxygen atoms in total. The first-order chi connectivity index (χ1) is 11.9. The van der Waals surface area contributed by atoms with E-state index in [1.807, 2.05) is 0 Å². The summed E-state index contributed by atoms with van der Waals surface area (Å²) in [5.74, 6) is 0.511. The minimum atomic E-state index is -3.82. The number of benzene rings is 1. The van der Waals surface area contributed by atoms with Gasteiger partial charge in [-0.25, -0.2) is 8.42 Å². The van der Waals surface area contributed by atoms with E-state index in [9.17, 15) is 13.2 Å². The molecule has 10 heteroatoms. The van der Waals surface area contributed by atoms with E-state index in [2.05, 4.69) is 20.2 Å². The van der Waals surface area contributed by atoms with Crippen LogP contribution in [-0.2, 0) is 14.8 Å². The van der Waals surface area contributed by atoms with Crippen LogP contribution in [0.2, 0.25) is 0 Å². The summed E-state index contributed by atoms with van der Waals surface area (Å²) in [5, 5.41) is 11.8. The molecule has 1 aliphatic carbocycles. The molecule has 0 aliphatic heterocycles. The van der Waals surface area contributed by atoms with Gasteiger partial charge in [0.2, 0.25) is 21.1 Å².